The Balaban J connectivity index is 1.22. The van der Waals surface area contributed by atoms with E-state index in [2.05, 4.69) is 51.1 Å². The van der Waals surface area contributed by atoms with Crippen LogP contribution in [0.2, 0.25) is 0 Å². The maximum absolute atomic E-state index is 15.0. The van der Waals surface area contributed by atoms with Crippen molar-refractivity contribution in [3.8, 4) is 0 Å². The molecule has 10 nitrogen and oxygen atoms in total. The first kappa shape index (κ1) is 27.1. The molecule has 1 N–H and O–H groups in total. The van der Waals surface area contributed by atoms with Gasteiger partial charge in [0.2, 0.25) is 11.7 Å². The summed E-state index contributed by atoms with van der Waals surface area (Å²) in [6.45, 7) is 7.19. The van der Waals surface area contributed by atoms with E-state index in [1.54, 1.807) is 12.3 Å². The number of sulfone groups is 1. The van der Waals surface area contributed by atoms with E-state index in [9.17, 15) is 12.8 Å². The van der Waals surface area contributed by atoms with Gasteiger partial charge in [0.25, 0.3) is 0 Å². The number of halogens is 1. The van der Waals surface area contributed by atoms with Crippen molar-refractivity contribution in [2.24, 2.45) is 5.92 Å². The van der Waals surface area contributed by atoms with Crippen LogP contribution in [0.1, 0.15) is 31.7 Å². The molecular weight excluding hydrogens is 535 g/mol. The van der Waals surface area contributed by atoms with E-state index in [1.807, 2.05) is 17.2 Å². The maximum Gasteiger partial charge on any atom is 0.227 e. The zero-order valence-corrected chi connectivity index (χ0v) is 23.8. The molecule has 0 radical (unpaired) electrons. The van der Waals surface area contributed by atoms with Crippen molar-refractivity contribution in [2.75, 3.05) is 66.5 Å². The van der Waals surface area contributed by atoms with E-state index in [1.165, 1.54) is 11.8 Å². The van der Waals surface area contributed by atoms with E-state index in [-0.39, 0.29) is 18.2 Å². The Morgan fingerprint density at radius 1 is 1.07 bits per heavy atom. The van der Waals surface area contributed by atoms with Crippen molar-refractivity contribution < 1.29 is 22.3 Å². The van der Waals surface area contributed by atoms with Crippen LogP contribution in [0.5, 0.6) is 0 Å². The van der Waals surface area contributed by atoms with Crippen LogP contribution in [0.25, 0.3) is 10.8 Å². The minimum absolute atomic E-state index is 0.0970. The monoisotopic (exact) mass is 570 g/mol. The van der Waals surface area contributed by atoms with Gasteiger partial charge in [0.05, 0.1) is 25.5 Å². The number of rotatable bonds is 7. The second kappa shape index (κ2) is 10.4. The SMILES string of the molecule is CC(C)c1ccc(N2CC(CS(C)(=O)=O)C2)c2cnc(Nc3ccnc(N4CCC5(OCCO5)[C@@H](F)C4)n3)cc12. The Bertz CT molecular complexity index is 1510. The Morgan fingerprint density at radius 3 is 2.55 bits per heavy atom. The van der Waals surface area contributed by atoms with E-state index < -0.39 is 21.8 Å². The van der Waals surface area contributed by atoms with E-state index in [0.29, 0.717) is 62.8 Å². The summed E-state index contributed by atoms with van der Waals surface area (Å²) in [5.74, 6) is 1.16. The summed E-state index contributed by atoms with van der Waals surface area (Å²) >= 11 is 0. The molecule has 0 saturated carbocycles. The van der Waals surface area contributed by atoms with E-state index in [0.717, 1.165) is 16.5 Å². The van der Waals surface area contributed by atoms with E-state index in [4.69, 9.17) is 9.47 Å². The standard InChI is InChI=1S/C28H35FN6O4S/c1-18(2)20-4-5-23(35-14-19(15-35)17-40(3,36)37)22-13-31-26(12-21(20)22)32-25-6-8-30-27(33-25)34-9-7-28(24(29)16-34)38-10-11-39-28/h4-6,8,12-13,18-19,24H,7,9-11,14-17H2,1-3H3,(H,30,31,32,33)/t24-/m0/s1. The lowest BCUT2D eigenvalue weighted by Crippen LogP contribution is -2.54. The molecule has 5 heterocycles. The second-order valence-corrected chi connectivity index (χ2v) is 13.5. The molecule has 1 atom stereocenters. The Morgan fingerprint density at radius 2 is 1.85 bits per heavy atom. The highest BCUT2D eigenvalue weighted by Crippen LogP contribution is 2.38. The maximum atomic E-state index is 15.0. The molecule has 1 spiro atoms. The third-order valence-electron chi connectivity index (χ3n) is 7.92. The number of hydrogen-bond donors (Lipinski definition) is 1. The molecule has 3 fully saturated rings. The summed E-state index contributed by atoms with van der Waals surface area (Å²) in [5, 5.41) is 5.42. The third-order valence-corrected chi connectivity index (χ3v) is 8.99. The fourth-order valence-corrected chi connectivity index (χ4v) is 7.01. The van der Waals surface area contributed by atoms with Gasteiger partial charge in [0.15, 0.2) is 6.17 Å². The number of aromatic nitrogens is 3. The quantitative estimate of drug-likeness (QED) is 0.452. The normalized spacial score (nSPS) is 21.4. The van der Waals surface area contributed by atoms with Crippen molar-refractivity contribution in [1.29, 1.82) is 0 Å². The first-order valence-electron chi connectivity index (χ1n) is 13.7. The first-order valence-corrected chi connectivity index (χ1v) is 15.8. The topological polar surface area (TPSA) is 110 Å². The summed E-state index contributed by atoms with van der Waals surface area (Å²) in [5.41, 5.74) is 2.26. The number of nitrogens with one attached hydrogen (secondary N) is 1. The van der Waals surface area contributed by atoms with Gasteiger partial charge in [0.1, 0.15) is 21.5 Å². The molecule has 6 rings (SSSR count). The first-order chi connectivity index (χ1) is 19.1. The molecule has 0 unspecified atom stereocenters. The molecule has 0 bridgehead atoms. The predicted molar refractivity (Wildman–Crippen MR) is 153 cm³/mol. The summed E-state index contributed by atoms with van der Waals surface area (Å²) in [4.78, 5) is 17.7. The number of benzene rings is 1. The van der Waals surface area contributed by atoms with Crippen LogP contribution in [-0.4, -0.2) is 86.7 Å². The van der Waals surface area contributed by atoms with Gasteiger partial charge in [-0.15, -0.1) is 0 Å². The van der Waals surface area contributed by atoms with Crippen LogP contribution in [0.15, 0.2) is 36.7 Å². The Kier molecular flexibility index (Phi) is 7.04. The lowest BCUT2D eigenvalue weighted by atomic mass is 9.93. The van der Waals surface area contributed by atoms with Crippen molar-refractivity contribution in [1.82, 2.24) is 15.0 Å². The van der Waals surface area contributed by atoms with Crippen LogP contribution in [-0.2, 0) is 19.3 Å². The van der Waals surface area contributed by atoms with Crippen LogP contribution in [0, 0.1) is 5.92 Å². The molecule has 3 aliphatic rings. The molecule has 3 saturated heterocycles. The highest BCUT2D eigenvalue weighted by molar-refractivity contribution is 7.90. The van der Waals surface area contributed by atoms with Crippen LogP contribution in [0.4, 0.5) is 27.7 Å². The van der Waals surface area contributed by atoms with Gasteiger partial charge >= 0.3 is 0 Å². The molecule has 0 amide bonds. The molecule has 0 aliphatic carbocycles. The van der Waals surface area contributed by atoms with Crippen LogP contribution < -0.4 is 15.1 Å². The zero-order chi connectivity index (χ0) is 28.1. The van der Waals surface area contributed by atoms with Gasteiger partial charge in [-0.05, 0) is 35.1 Å². The lowest BCUT2D eigenvalue weighted by molar-refractivity contribution is -0.207. The number of pyridine rings is 1. The van der Waals surface area contributed by atoms with Crippen molar-refractivity contribution in [3.05, 3.63) is 42.2 Å². The van der Waals surface area contributed by atoms with Crippen molar-refractivity contribution >= 4 is 43.9 Å². The molecule has 3 aromatic rings. The predicted octanol–water partition coefficient (Wildman–Crippen LogP) is 3.66. The molecule has 40 heavy (non-hydrogen) atoms. The molecule has 3 aliphatic heterocycles. The largest absolute Gasteiger partial charge is 0.370 e. The lowest BCUT2D eigenvalue weighted by Gasteiger charge is -2.41. The van der Waals surface area contributed by atoms with Gasteiger partial charge in [-0.3, -0.25) is 0 Å². The number of anilines is 4. The molecule has 2 aromatic heterocycles. The average molecular weight is 571 g/mol. The Hall–Kier alpha value is -3.09. The Labute approximate surface area is 233 Å². The number of fused-ring (bicyclic) bond motifs is 1. The van der Waals surface area contributed by atoms with Crippen LogP contribution >= 0.6 is 0 Å². The van der Waals surface area contributed by atoms with Gasteiger partial charge in [-0.2, -0.15) is 4.98 Å². The van der Waals surface area contributed by atoms with Crippen molar-refractivity contribution in [2.45, 2.75) is 38.1 Å². The number of piperidine rings is 1. The summed E-state index contributed by atoms with van der Waals surface area (Å²) in [7, 11) is -2.99. The third kappa shape index (κ3) is 5.31. The van der Waals surface area contributed by atoms with Crippen LogP contribution in [0.3, 0.4) is 0 Å². The van der Waals surface area contributed by atoms with Gasteiger partial charge in [0, 0.05) is 61.7 Å². The summed E-state index contributed by atoms with van der Waals surface area (Å²) in [6, 6.07) is 8.05. The highest BCUT2D eigenvalue weighted by Gasteiger charge is 2.49. The van der Waals surface area contributed by atoms with Gasteiger partial charge in [-0.1, -0.05) is 19.9 Å². The number of alkyl halides is 1. The second-order valence-electron chi connectivity index (χ2n) is 11.3. The fourth-order valence-electron chi connectivity index (χ4n) is 5.94. The smallest absolute Gasteiger partial charge is 0.227 e. The highest BCUT2D eigenvalue weighted by atomic mass is 32.2. The molecule has 214 valence electrons. The molecule has 12 heteroatoms. The van der Waals surface area contributed by atoms with Gasteiger partial charge in [-0.25, -0.2) is 22.8 Å². The fraction of sp³-hybridized carbons (Fsp3) is 0.536. The van der Waals surface area contributed by atoms with Crippen molar-refractivity contribution in [3.63, 3.8) is 0 Å². The number of nitrogens with zero attached hydrogens (tertiary/aromatic N) is 5. The van der Waals surface area contributed by atoms with E-state index >= 15 is 0 Å². The minimum Gasteiger partial charge on any atom is -0.370 e. The summed E-state index contributed by atoms with van der Waals surface area (Å²) < 4.78 is 49.6. The number of ether oxygens (including phenoxy) is 2. The molecular formula is C28H35FN6O4S. The zero-order valence-electron chi connectivity index (χ0n) is 23.0. The van der Waals surface area contributed by atoms with Gasteiger partial charge < -0.3 is 24.6 Å². The average Bonchev–Trinajstić information content (AvgIpc) is 3.36. The summed E-state index contributed by atoms with van der Waals surface area (Å²) in [6.07, 6.45) is 3.93. The molecule has 1 aromatic carbocycles. The number of hydrogen-bond acceptors (Lipinski definition) is 10. The minimum atomic E-state index is -2.99.